The summed E-state index contributed by atoms with van der Waals surface area (Å²) < 4.78 is 0. The van der Waals surface area contributed by atoms with E-state index in [1.54, 1.807) is 24.3 Å². The van der Waals surface area contributed by atoms with Crippen molar-refractivity contribution in [2.24, 2.45) is 0 Å². The summed E-state index contributed by atoms with van der Waals surface area (Å²) in [5.74, 6) is -0.258. The molecule has 0 fully saturated rings. The number of rotatable bonds is 5. The number of non-ortho nitro benzene ring substituents is 2. The molecule has 0 aliphatic heterocycles. The van der Waals surface area contributed by atoms with Gasteiger partial charge in [-0.15, -0.1) is 0 Å². The number of aromatic nitrogens is 2. The van der Waals surface area contributed by atoms with E-state index in [1.165, 1.54) is 12.1 Å². The second kappa shape index (κ2) is 10.4. The van der Waals surface area contributed by atoms with Gasteiger partial charge in [-0.2, -0.15) is 35.9 Å². The minimum atomic E-state index is -0.414. The topological polar surface area (TPSA) is 118 Å². The maximum absolute atomic E-state index is 11.3. The van der Waals surface area contributed by atoms with Gasteiger partial charge in [0.05, 0.1) is 9.85 Å². The van der Waals surface area contributed by atoms with Gasteiger partial charge in [-0.3, -0.25) is 20.2 Å². The van der Waals surface area contributed by atoms with Crippen molar-refractivity contribution in [2.75, 3.05) is 0 Å². The smallest absolute Gasteiger partial charge is 0.361 e. The van der Waals surface area contributed by atoms with E-state index in [0.29, 0.717) is 0 Å². The van der Waals surface area contributed by atoms with Gasteiger partial charge in [-0.25, -0.2) is 24.3 Å². The summed E-state index contributed by atoms with van der Waals surface area (Å²) in [7, 11) is 0. The number of nitrogens with zero attached hydrogens (tertiary/aromatic N) is 2. The normalized spacial score (nSPS) is 10.7. The van der Waals surface area contributed by atoms with Crippen LogP contribution in [0.3, 0.4) is 0 Å². The third-order valence-electron chi connectivity index (χ3n) is 6.02. The Bertz CT molecular complexity index is 1510. The summed E-state index contributed by atoms with van der Waals surface area (Å²) in [6, 6.07) is 27.3. The largest absolute Gasteiger partial charge is 2.00 e. The summed E-state index contributed by atoms with van der Waals surface area (Å²) in [6.45, 7) is 0. The molecule has 36 heavy (non-hydrogen) atoms. The van der Waals surface area contributed by atoms with Crippen molar-refractivity contribution in [2.45, 2.75) is 5.92 Å². The predicted molar refractivity (Wildman–Crippen MR) is 135 cm³/mol. The van der Waals surface area contributed by atoms with Gasteiger partial charge in [0.25, 0.3) is 11.4 Å². The first kappa shape index (κ1) is 24.7. The van der Waals surface area contributed by atoms with Crippen LogP contribution in [-0.4, -0.2) is 19.8 Å². The van der Waals surface area contributed by atoms with Crippen LogP contribution in [0.4, 0.5) is 11.4 Å². The predicted octanol–water partition coefficient (Wildman–Crippen LogP) is 6.77. The van der Waals surface area contributed by atoms with Crippen molar-refractivity contribution in [3.05, 3.63) is 140 Å². The summed E-state index contributed by atoms with van der Waals surface area (Å²) >= 11 is 0. The van der Waals surface area contributed by atoms with Crippen LogP contribution in [-0.2, 0) is 17.1 Å². The Morgan fingerprint density at radius 2 is 1.25 bits per heavy atom. The van der Waals surface area contributed by atoms with Crippen LogP contribution in [0.5, 0.6) is 0 Å². The average Bonchev–Trinajstić information content (AvgIpc) is 3.68. The van der Waals surface area contributed by atoms with E-state index in [0.717, 1.165) is 38.5 Å². The molecule has 6 rings (SSSR count). The van der Waals surface area contributed by atoms with Gasteiger partial charge in [0, 0.05) is 64.4 Å². The van der Waals surface area contributed by atoms with E-state index in [4.69, 9.17) is 0 Å². The van der Waals surface area contributed by atoms with Crippen molar-refractivity contribution in [1.29, 1.82) is 0 Å². The standard InChI is InChI=1S/C22H15N4O4.C5H5.Fe/c27-25(28)14-5-7-20-16(9-14)18(11-23-20)22(13-3-1-2-4-13)19-12-24-21-8-6-15(26(29)30)10-17(19)21;1-2-4-5-3-1;/h1-12,22-24H;1-5H;/q2*-1;+2. The van der Waals surface area contributed by atoms with E-state index >= 15 is 0 Å². The molecular weight excluding hydrogens is 500 g/mol. The third-order valence-corrected chi connectivity index (χ3v) is 6.02. The number of H-pyrrole nitrogens is 2. The summed E-state index contributed by atoms with van der Waals surface area (Å²) in [5.41, 5.74) is 4.34. The quantitative estimate of drug-likeness (QED) is 0.113. The maximum Gasteiger partial charge on any atom is 2.00 e. The SMILES string of the molecule is O=[N+]([O-])c1ccc2[nH]cc(C(c3ccc[cH-]3)c3c[nH]c4ccc([N+](=O)[O-])cc34)c2c1.[Fe+2].c1cc[cH-]c1. The molecule has 2 heterocycles. The Labute approximate surface area is 216 Å². The number of hydrogen-bond donors (Lipinski definition) is 2. The van der Waals surface area contributed by atoms with Gasteiger partial charge in [-0.05, 0) is 23.3 Å². The molecule has 0 amide bonds. The second-order valence-electron chi connectivity index (χ2n) is 8.08. The average molecular weight is 520 g/mol. The molecular formula is C27H20FeN4O4. The molecule has 0 atom stereocenters. The van der Waals surface area contributed by atoms with E-state index in [1.807, 2.05) is 67.0 Å². The Balaban J connectivity index is 0.000000455. The zero-order valence-electron chi connectivity index (χ0n) is 18.8. The van der Waals surface area contributed by atoms with E-state index in [9.17, 15) is 20.2 Å². The first-order valence-corrected chi connectivity index (χ1v) is 10.9. The van der Waals surface area contributed by atoms with Crippen molar-refractivity contribution >= 4 is 33.2 Å². The third kappa shape index (κ3) is 4.70. The van der Waals surface area contributed by atoms with Gasteiger partial charge in [0.15, 0.2) is 0 Å². The van der Waals surface area contributed by atoms with Crippen molar-refractivity contribution < 1.29 is 26.9 Å². The number of aromatic amines is 2. The van der Waals surface area contributed by atoms with Gasteiger partial charge in [0.1, 0.15) is 0 Å². The summed E-state index contributed by atoms with van der Waals surface area (Å²) in [5, 5.41) is 24.1. The van der Waals surface area contributed by atoms with Crippen molar-refractivity contribution in [3.63, 3.8) is 0 Å². The number of nitro benzene ring substituents is 2. The van der Waals surface area contributed by atoms with Crippen LogP contribution in [0.15, 0.2) is 103 Å². The Morgan fingerprint density at radius 3 is 1.64 bits per heavy atom. The molecule has 0 spiro atoms. The zero-order chi connectivity index (χ0) is 24.4. The molecule has 8 nitrogen and oxygen atoms in total. The molecule has 180 valence electrons. The molecule has 0 saturated carbocycles. The summed E-state index contributed by atoms with van der Waals surface area (Å²) in [6.07, 6.45) is 3.70. The van der Waals surface area contributed by atoms with Crippen molar-refractivity contribution in [3.8, 4) is 0 Å². The Morgan fingerprint density at radius 1 is 0.722 bits per heavy atom. The molecule has 0 saturated heterocycles. The molecule has 6 aromatic rings. The fourth-order valence-corrected chi connectivity index (χ4v) is 4.39. The molecule has 0 radical (unpaired) electrons. The van der Waals surface area contributed by atoms with E-state index in [-0.39, 0.29) is 34.4 Å². The minimum Gasteiger partial charge on any atom is -0.361 e. The molecule has 0 aliphatic carbocycles. The van der Waals surface area contributed by atoms with E-state index < -0.39 is 9.85 Å². The minimum absolute atomic E-state index is 0. The fraction of sp³-hybridized carbons (Fsp3) is 0.0370. The monoisotopic (exact) mass is 520 g/mol. The van der Waals surface area contributed by atoms with E-state index in [2.05, 4.69) is 9.97 Å². The van der Waals surface area contributed by atoms with Gasteiger partial charge in [-0.1, -0.05) is 0 Å². The Hall–Kier alpha value is -4.46. The van der Waals surface area contributed by atoms with Crippen LogP contribution in [0.1, 0.15) is 22.6 Å². The van der Waals surface area contributed by atoms with Crippen LogP contribution in [0, 0.1) is 20.2 Å². The molecule has 2 N–H and O–H groups in total. The molecule has 0 bridgehead atoms. The molecule has 0 aliphatic rings. The molecule has 2 aromatic heterocycles. The molecule has 9 heteroatoms. The van der Waals surface area contributed by atoms with Crippen LogP contribution >= 0.6 is 0 Å². The number of nitro groups is 2. The van der Waals surface area contributed by atoms with Gasteiger partial charge < -0.3 is 9.97 Å². The number of nitrogens with one attached hydrogen (secondary N) is 2. The number of hydrogen-bond acceptors (Lipinski definition) is 4. The van der Waals surface area contributed by atoms with Crippen molar-refractivity contribution in [1.82, 2.24) is 9.97 Å². The number of benzene rings is 2. The van der Waals surface area contributed by atoms with Crippen LogP contribution < -0.4 is 0 Å². The fourth-order valence-electron chi connectivity index (χ4n) is 4.39. The van der Waals surface area contributed by atoms with Gasteiger partial charge in [0.2, 0.25) is 0 Å². The first-order chi connectivity index (χ1) is 17.0. The van der Waals surface area contributed by atoms with Gasteiger partial charge >= 0.3 is 17.1 Å². The first-order valence-electron chi connectivity index (χ1n) is 10.9. The van der Waals surface area contributed by atoms with Crippen LogP contribution in [0.2, 0.25) is 0 Å². The summed E-state index contributed by atoms with van der Waals surface area (Å²) in [4.78, 5) is 28.2. The second-order valence-corrected chi connectivity index (χ2v) is 8.08. The molecule has 4 aromatic carbocycles. The van der Waals surface area contributed by atoms with Crippen LogP contribution in [0.25, 0.3) is 21.8 Å². The zero-order valence-corrected chi connectivity index (χ0v) is 19.9. The Kier molecular flexibility index (Phi) is 7.15. The maximum atomic E-state index is 11.3. The number of fused-ring (bicyclic) bond motifs is 2. The molecule has 0 unspecified atom stereocenters.